The van der Waals surface area contributed by atoms with E-state index < -0.39 is 5.60 Å². The Kier molecular flexibility index (Phi) is 3.13. The van der Waals surface area contributed by atoms with Crippen molar-refractivity contribution in [3.8, 4) is 5.75 Å². The summed E-state index contributed by atoms with van der Waals surface area (Å²) >= 11 is 0. The highest BCUT2D eigenvalue weighted by molar-refractivity contribution is 5.30. The van der Waals surface area contributed by atoms with Crippen LogP contribution in [0.1, 0.15) is 19.5 Å². The molecule has 0 spiro atoms. The van der Waals surface area contributed by atoms with E-state index in [1.54, 1.807) is 24.9 Å². The quantitative estimate of drug-likeness (QED) is 0.720. The first-order valence-corrected chi connectivity index (χ1v) is 4.59. The fourth-order valence-electron chi connectivity index (χ4n) is 1.40. The van der Waals surface area contributed by atoms with Crippen molar-refractivity contribution in [2.24, 2.45) is 5.73 Å². The van der Waals surface area contributed by atoms with Crippen LogP contribution in [0.2, 0.25) is 0 Å². The van der Waals surface area contributed by atoms with Crippen LogP contribution >= 0.6 is 0 Å². The van der Waals surface area contributed by atoms with Crippen molar-refractivity contribution in [2.75, 3.05) is 13.7 Å². The lowest BCUT2D eigenvalue weighted by Gasteiger charge is -2.23. The predicted molar refractivity (Wildman–Crippen MR) is 53.1 cm³/mol. The predicted octanol–water partition coefficient (Wildman–Crippen LogP) is 0.0778. The van der Waals surface area contributed by atoms with Gasteiger partial charge < -0.3 is 15.6 Å². The van der Waals surface area contributed by atoms with E-state index in [-0.39, 0.29) is 6.54 Å². The molecule has 0 aliphatic rings. The van der Waals surface area contributed by atoms with Gasteiger partial charge in [-0.2, -0.15) is 5.10 Å². The smallest absolute Gasteiger partial charge is 0.162 e. The molecule has 3 N–H and O–H groups in total. The number of hydrogen-bond donors (Lipinski definition) is 2. The van der Waals surface area contributed by atoms with Gasteiger partial charge in [-0.3, -0.25) is 4.68 Å². The number of methoxy groups -OCH3 is 1. The van der Waals surface area contributed by atoms with E-state index in [2.05, 4.69) is 5.10 Å². The summed E-state index contributed by atoms with van der Waals surface area (Å²) in [5, 5.41) is 14.1. The summed E-state index contributed by atoms with van der Waals surface area (Å²) in [4.78, 5) is 0. The Balaban J connectivity index is 3.21. The third-order valence-corrected chi connectivity index (χ3v) is 2.23. The maximum Gasteiger partial charge on any atom is 0.162 e. The summed E-state index contributed by atoms with van der Waals surface area (Å²) in [5.41, 5.74) is 5.03. The minimum absolute atomic E-state index is 0.134. The molecule has 0 aromatic carbocycles. The molecule has 0 bridgehead atoms. The van der Waals surface area contributed by atoms with Gasteiger partial charge in [-0.05, 0) is 13.8 Å². The normalized spacial score (nSPS) is 15.2. The first kappa shape index (κ1) is 11.0. The minimum Gasteiger partial charge on any atom is -0.493 e. The number of hydrogen-bond acceptors (Lipinski definition) is 4. The number of aliphatic hydroxyl groups is 1. The van der Waals surface area contributed by atoms with Crippen LogP contribution in [0.4, 0.5) is 0 Å². The molecule has 5 nitrogen and oxygen atoms in total. The van der Waals surface area contributed by atoms with Crippen molar-refractivity contribution in [2.45, 2.75) is 26.0 Å². The summed E-state index contributed by atoms with van der Waals surface area (Å²) in [6.07, 6.45) is 1.59. The third-order valence-electron chi connectivity index (χ3n) is 2.23. The molecule has 0 fully saturated rings. The largest absolute Gasteiger partial charge is 0.493 e. The molecular formula is C9H17N3O2. The van der Waals surface area contributed by atoms with E-state index in [0.29, 0.717) is 18.0 Å². The van der Waals surface area contributed by atoms with Crippen molar-refractivity contribution < 1.29 is 9.84 Å². The van der Waals surface area contributed by atoms with Crippen molar-refractivity contribution >= 4 is 0 Å². The van der Waals surface area contributed by atoms with E-state index in [4.69, 9.17) is 10.5 Å². The van der Waals surface area contributed by atoms with Gasteiger partial charge in [-0.25, -0.2) is 0 Å². The summed E-state index contributed by atoms with van der Waals surface area (Å²) < 4.78 is 6.80. The van der Waals surface area contributed by atoms with E-state index in [9.17, 15) is 5.11 Å². The monoisotopic (exact) mass is 199 g/mol. The lowest BCUT2D eigenvalue weighted by molar-refractivity contribution is 0.0543. The number of ether oxygens (including phenoxy) is 1. The lowest BCUT2D eigenvalue weighted by Crippen LogP contribution is -2.34. The van der Waals surface area contributed by atoms with Gasteiger partial charge in [0.1, 0.15) is 11.3 Å². The van der Waals surface area contributed by atoms with Crippen LogP contribution in [-0.2, 0) is 12.1 Å². The van der Waals surface area contributed by atoms with Crippen LogP contribution < -0.4 is 10.5 Å². The zero-order valence-electron chi connectivity index (χ0n) is 8.82. The summed E-state index contributed by atoms with van der Waals surface area (Å²) in [6.45, 7) is 4.41. The molecular weight excluding hydrogens is 182 g/mol. The van der Waals surface area contributed by atoms with E-state index in [0.717, 1.165) is 0 Å². The summed E-state index contributed by atoms with van der Waals surface area (Å²) in [5.74, 6) is 0.572. The standard InChI is InChI=1S/C9H17N3O2/c1-4-12-8(9(2,13)6-10)7(14-3)5-11-12/h5,13H,4,6,10H2,1-3H3. The number of aromatic nitrogens is 2. The number of rotatable bonds is 4. The van der Waals surface area contributed by atoms with Gasteiger partial charge >= 0.3 is 0 Å². The topological polar surface area (TPSA) is 73.3 Å². The van der Waals surface area contributed by atoms with E-state index >= 15 is 0 Å². The molecule has 1 aromatic heterocycles. The molecule has 80 valence electrons. The molecule has 1 unspecified atom stereocenters. The second-order valence-corrected chi connectivity index (χ2v) is 3.36. The molecule has 0 radical (unpaired) electrons. The zero-order valence-corrected chi connectivity index (χ0v) is 8.82. The summed E-state index contributed by atoms with van der Waals surface area (Å²) in [6, 6.07) is 0. The average Bonchev–Trinajstić information content (AvgIpc) is 2.61. The maximum atomic E-state index is 10.0. The molecule has 0 amide bonds. The Morgan fingerprint density at radius 2 is 2.36 bits per heavy atom. The van der Waals surface area contributed by atoms with Gasteiger partial charge in [0, 0.05) is 13.1 Å². The fraction of sp³-hybridized carbons (Fsp3) is 0.667. The molecule has 1 aromatic rings. The maximum absolute atomic E-state index is 10.0. The highest BCUT2D eigenvalue weighted by atomic mass is 16.5. The van der Waals surface area contributed by atoms with Crippen LogP contribution in [0, 0.1) is 0 Å². The Bertz CT molecular complexity index is 286. The Hall–Kier alpha value is -1.07. The van der Waals surface area contributed by atoms with Gasteiger partial charge in [0.15, 0.2) is 5.75 Å². The van der Waals surface area contributed by atoms with Crippen molar-refractivity contribution in [1.29, 1.82) is 0 Å². The average molecular weight is 199 g/mol. The Labute approximate surface area is 83.5 Å². The van der Waals surface area contributed by atoms with Crippen molar-refractivity contribution in [1.82, 2.24) is 9.78 Å². The van der Waals surface area contributed by atoms with Crippen LogP contribution in [0.15, 0.2) is 6.20 Å². The first-order chi connectivity index (χ1) is 6.56. The lowest BCUT2D eigenvalue weighted by atomic mass is 10.0. The van der Waals surface area contributed by atoms with Gasteiger partial charge in [-0.15, -0.1) is 0 Å². The first-order valence-electron chi connectivity index (χ1n) is 4.59. The third kappa shape index (κ3) is 1.73. The second-order valence-electron chi connectivity index (χ2n) is 3.36. The highest BCUT2D eigenvalue weighted by Crippen LogP contribution is 2.28. The van der Waals surface area contributed by atoms with Gasteiger partial charge in [0.2, 0.25) is 0 Å². The summed E-state index contributed by atoms with van der Waals surface area (Å²) in [7, 11) is 1.55. The molecule has 1 heterocycles. The van der Waals surface area contributed by atoms with Crippen molar-refractivity contribution in [3.63, 3.8) is 0 Å². The Morgan fingerprint density at radius 1 is 1.71 bits per heavy atom. The number of nitrogens with zero attached hydrogens (tertiary/aromatic N) is 2. The van der Waals surface area contributed by atoms with Crippen LogP contribution in [0.25, 0.3) is 0 Å². The number of nitrogens with two attached hydrogens (primary N) is 1. The number of aryl methyl sites for hydroxylation is 1. The SMILES string of the molecule is CCn1ncc(OC)c1C(C)(O)CN. The van der Waals surface area contributed by atoms with Crippen LogP contribution in [0.5, 0.6) is 5.75 Å². The molecule has 14 heavy (non-hydrogen) atoms. The van der Waals surface area contributed by atoms with Gasteiger partial charge in [0.25, 0.3) is 0 Å². The Morgan fingerprint density at radius 3 is 2.79 bits per heavy atom. The molecule has 0 aliphatic heterocycles. The van der Waals surface area contributed by atoms with Crippen LogP contribution in [-0.4, -0.2) is 28.5 Å². The molecule has 0 saturated heterocycles. The van der Waals surface area contributed by atoms with Gasteiger partial charge in [-0.1, -0.05) is 0 Å². The molecule has 1 atom stereocenters. The zero-order chi connectivity index (χ0) is 10.8. The van der Waals surface area contributed by atoms with Gasteiger partial charge in [0.05, 0.1) is 13.3 Å². The molecule has 0 aliphatic carbocycles. The molecule has 1 rings (SSSR count). The minimum atomic E-state index is -1.10. The van der Waals surface area contributed by atoms with Crippen molar-refractivity contribution in [3.05, 3.63) is 11.9 Å². The fourth-order valence-corrected chi connectivity index (χ4v) is 1.40. The molecule has 0 saturated carbocycles. The highest BCUT2D eigenvalue weighted by Gasteiger charge is 2.29. The second kappa shape index (κ2) is 3.98. The van der Waals surface area contributed by atoms with E-state index in [1.807, 2.05) is 6.92 Å². The van der Waals surface area contributed by atoms with E-state index in [1.165, 1.54) is 0 Å². The molecule has 5 heteroatoms. The van der Waals surface area contributed by atoms with Crippen LogP contribution in [0.3, 0.4) is 0 Å².